The summed E-state index contributed by atoms with van der Waals surface area (Å²) in [7, 11) is 0. The zero-order valence-corrected chi connectivity index (χ0v) is 30.5. The molecule has 1 atom stereocenters. The Morgan fingerprint density at radius 3 is 2.42 bits per heavy atom. The first-order valence-electron chi connectivity index (χ1n) is 17.9. The number of carbonyl (C=O) groups excluding carboxylic acids is 4. The van der Waals surface area contributed by atoms with Gasteiger partial charge in [0.1, 0.15) is 23.7 Å². The maximum Gasteiger partial charge on any atom is 0.272 e. The Hall–Kier alpha value is -5.42. The molecule has 14 heteroatoms. The number of ether oxygens (including phenoxy) is 1. The van der Waals surface area contributed by atoms with Crippen LogP contribution in [0.1, 0.15) is 83.6 Å². The third-order valence-electron chi connectivity index (χ3n) is 11.4. The van der Waals surface area contributed by atoms with Crippen LogP contribution in [0.3, 0.4) is 0 Å². The van der Waals surface area contributed by atoms with E-state index >= 15 is 4.39 Å². The number of rotatable bonds is 8. The SMILES string of the molecule is Cc1cc(OC2C(C)(C)C(NC(=O)c3ccc(N4CCN(Cc5cc6c(cc5F)C(=O)N(C5CCC(=O)NC5=O)C6)CC4)nn3)C2(C)C)ccc1C#N. The van der Waals surface area contributed by atoms with Crippen molar-refractivity contribution >= 4 is 29.4 Å². The lowest BCUT2D eigenvalue weighted by Crippen LogP contribution is -2.74. The highest BCUT2D eigenvalue weighted by molar-refractivity contribution is 6.05. The Labute approximate surface area is 307 Å². The number of benzene rings is 2. The number of hydrogen-bond donors (Lipinski definition) is 2. The zero-order chi connectivity index (χ0) is 37.8. The molecule has 2 aromatic carbocycles. The van der Waals surface area contributed by atoms with Crippen molar-refractivity contribution in [1.82, 2.24) is 30.6 Å². The number of halogens is 1. The second-order valence-corrected chi connectivity index (χ2v) is 15.7. The van der Waals surface area contributed by atoms with Crippen molar-refractivity contribution in [2.24, 2.45) is 10.8 Å². The van der Waals surface area contributed by atoms with Gasteiger partial charge in [-0.1, -0.05) is 27.7 Å². The molecule has 1 saturated carbocycles. The van der Waals surface area contributed by atoms with Crippen LogP contribution in [0.25, 0.3) is 0 Å². The number of nitrogens with zero attached hydrogens (tertiary/aromatic N) is 6. The fourth-order valence-electron chi connectivity index (χ4n) is 8.73. The van der Waals surface area contributed by atoms with Crippen molar-refractivity contribution in [2.75, 3.05) is 31.1 Å². The topological polar surface area (TPSA) is 161 Å². The average Bonchev–Trinajstić information content (AvgIpc) is 3.43. The van der Waals surface area contributed by atoms with Gasteiger partial charge in [-0.2, -0.15) is 5.26 Å². The molecule has 1 aromatic heterocycles. The quantitative estimate of drug-likeness (QED) is 0.330. The highest BCUT2D eigenvalue weighted by Crippen LogP contribution is 2.55. The van der Waals surface area contributed by atoms with Crippen molar-refractivity contribution in [3.8, 4) is 11.8 Å². The Morgan fingerprint density at radius 2 is 1.77 bits per heavy atom. The molecule has 1 unspecified atom stereocenters. The fourth-order valence-corrected chi connectivity index (χ4v) is 8.73. The minimum Gasteiger partial charge on any atom is -0.489 e. The number of aryl methyl sites for hydroxylation is 1. The summed E-state index contributed by atoms with van der Waals surface area (Å²) in [4.78, 5) is 56.0. The minimum atomic E-state index is -0.750. The Bertz CT molecular complexity index is 2020. The van der Waals surface area contributed by atoms with Crippen molar-refractivity contribution < 1.29 is 28.3 Å². The van der Waals surface area contributed by atoms with Crippen LogP contribution in [0.4, 0.5) is 10.2 Å². The molecule has 4 heterocycles. The third-order valence-corrected chi connectivity index (χ3v) is 11.4. The van der Waals surface area contributed by atoms with Gasteiger partial charge in [-0.15, -0.1) is 10.2 Å². The zero-order valence-electron chi connectivity index (χ0n) is 30.5. The van der Waals surface area contributed by atoms with Gasteiger partial charge >= 0.3 is 0 Å². The summed E-state index contributed by atoms with van der Waals surface area (Å²) in [5, 5.41) is 23.4. The molecule has 53 heavy (non-hydrogen) atoms. The van der Waals surface area contributed by atoms with Crippen LogP contribution in [-0.4, -0.2) is 88.0 Å². The number of aromatic nitrogens is 2. The van der Waals surface area contributed by atoms with E-state index in [1.807, 2.05) is 13.0 Å². The first-order valence-corrected chi connectivity index (χ1v) is 17.9. The monoisotopic (exact) mass is 722 g/mol. The number of anilines is 1. The molecule has 276 valence electrons. The van der Waals surface area contributed by atoms with Gasteiger partial charge in [0.25, 0.3) is 11.8 Å². The van der Waals surface area contributed by atoms with Crippen molar-refractivity contribution in [1.29, 1.82) is 5.26 Å². The van der Waals surface area contributed by atoms with Crippen molar-refractivity contribution in [3.05, 3.63) is 81.8 Å². The molecule has 2 saturated heterocycles. The summed E-state index contributed by atoms with van der Waals surface area (Å²) in [5.74, 6) is -0.703. The van der Waals surface area contributed by atoms with Crippen LogP contribution in [-0.2, 0) is 22.7 Å². The molecule has 7 rings (SSSR count). The fraction of sp³-hybridized carbons (Fsp3) is 0.462. The average molecular weight is 723 g/mol. The summed E-state index contributed by atoms with van der Waals surface area (Å²) in [6, 6.07) is 13.1. The van der Waals surface area contributed by atoms with Crippen LogP contribution in [0.2, 0.25) is 0 Å². The number of imide groups is 1. The molecule has 3 aromatic rings. The van der Waals surface area contributed by atoms with Gasteiger partial charge in [-0.3, -0.25) is 29.4 Å². The number of nitriles is 1. The second-order valence-electron chi connectivity index (χ2n) is 15.7. The minimum absolute atomic E-state index is 0.157. The Kier molecular flexibility index (Phi) is 9.18. The predicted octanol–water partition coefficient (Wildman–Crippen LogP) is 3.49. The van der Waals surface area contributed by atoms with Gasteiger partial charge in [0, 0.05) is 73.7 Å². The van der Waals surface area contributed by atoms with Crippen LogP contribution in [0.15, 0.2) is 42.5 Å². The number of fused-ring (bicyclic) bond motifs is 1. The highest BCUT2D eigenvalue weighted by Gasteiger charge is 2.64. The lowest BCUT2D eigenvalue weighted by Gasteiger charge is -2.63. The van der Waals surface area contributed by atoms with Crippen LogP contribution in [0, 0.1) is 34.9 Å². The number of piperazine rings is 1. The molecular weight excluding hydrogens is 679 g/mol. The van der Waals surface area contributed by atoms with E-state index in [-0.39, 0.29) is 65.4 Å². The predicted molar refractivity (Wildman–Crippen MR) is 191 cm³/mol. The molecule has 2 N–H and O–H groups in total. The Balaban J connectivity index is 0.921. The van der Waals surface area contributed by atoms with Gasteiger partial charge in [0.2, 0.25) is 11.8 Å². The summed E-state index contributed by atoms with van der Waals surface area (Å²) in [6.45, 7) is 13.2. The first-order chi connectivity index (χ1) is 25.2. The van der Waals surface area contributed by atoms with Gasteiger partial charge in [-0.25, -0.2) is 4.39 Å². The largest absolute Gasteiger partial charge is 0.489 e. The van der Waals surface area contributed by atoms with E-state index in [0.29, 0.717) is 61.0 Å². The van der Waals surface area contributed by atoms with Gasteiger partial charge in [0.05, 0.1) is 11.6 Å². The van der Waals surface area contributed by atoms with Crippen LogP contribution >= 0.6 is 0 Å². The van der Waals surface area contributed by atoms with E-state index in [0.717, 1.165) is 5.56 Å². The summed E-state index contributed by atoms with van der Waals surface area (Å²) in [6.07, 6.45) is 0.226. The maximum atomic E-state index is 15.3. The molecule has 3 aliphatic heterocycles. The summed E-state index contributed by atoms with van der Waals surface area (Å²) in [5.41, 5.74) is 2.30. The molecule has 0 spiro atoms. The van der Waals surface area contributed by atoms with E-state index in [2.05, 4.69) is 64.4 Å². The van der Waals surface area contributed by atoms with Crippen LogP contribution < -0.4 is 20.3 Å². The van der Waals surface area contributed by atoms with Gasteiger partial charge < -0.3 is 19.9 Å². The lowest BCUT2D eigenvalue weighted by molar-refractivity contribution is -0.164. The Morgan fingerprint density at radius 1 is 1.04 bits per heavy atom. The molecule has 13 nitrogen and oxygen atoms in total. The molecule has 1 aliphatic carbocycles. The molecule has 3 fully saturated rings. The number of hydrogen-bond acceptors (Lipinski definition) is 10. The third kappa shape index (κ3) is 6.58. The van der Waals surface area contributed by atoms with E-state index in [9.17, 15) is 24.4 Å². The molecule has 0 radical (unpaired) electrons. The molecule has 4 amide bonds. The lowest BCUT2D eigenvalue weighted by atomic mass is 9.49. The van der Waals surface area contributed by atoms with E-state index in [4.69, 9.17) is 4.74 Å². The van der Waals surface area contributed by atoms with Crippen LogP contribution in [0.5, 0.6) is 5.75 Å². The first kappa shape index (κ1) is 36.0. The maximum absolute atomic E-state index is 15.3. The van der Waals surface area contributed by atoms with E-state index < -0.39 is 23.7 Å². The molecular formula is C39H43FN8O5. The van der Waals surface area contributed by atoms with Crippen molar-refractivity contribution in [3.63, 3.8) is 0 Å². The van der Waals surface area contributed by atoms with E-state index in [1.54, 1.807) is 30.3 Å². The van der Waals surface area contributed by atoms with Gasteiger partial charge in [-0.05, 0) is 66.9 Å². The number of nitrogens with one attached hydrogen (secondary N) is 2. The molecule has 4 aliphatic rings. The normalized spacial score (nSPS) is 23.5. The second kappa shape index (κ2) is 13.5. The highest BCUT2D eigenvalue weighted by atomic mass is 19.1. The summed E-state index contributed by atoms with van der Waals surface area (Å²) < 4.78 is 21.7. The van der Waals surface area contributed by atoms with Gasteiger partial charge in [0.15, 0.2) is 11.5 Å². The van der Waals surface area contributed by atoms with E-state index in [1.165, 1.54) is 11.0 Å². The summed E-state index contributed by atoms with van der Waals surface area (Å²) >= 11 is 0. The van der Waals surface area contributed by atoms with Crippen molar-refractivity contribution in [2.45, 2.75) is 78.7 Å². The number of piperidine rings is 1. The standard InChI is InChI=1S/C39H43FN8O5/c1-22-16-26(7-6-23(22)19-41)53-37-38(2,3)36(39(37,4)5)43-33(50)29-8-10-31(45-44-29)47-14-12-46(13-15-47)20-25-17-24-21-48(35(52)27(24)18-28(25)40)30-9-11-32(49)42-34(30)51/h6-8,10,16-18,30,36-37H,9,11-15,20-21H2,1-5H3,(H,43,50)(H,42,49,51). The smallest absolute Gasteiger partial charge is 0.272 e. The number of carbonyl (C=O) groups is 4. The molecule has 0 bridgehead atoms. The number of amides is 4.